The summed E-state index contributed by atoms with van der Waals surface area (Å²) in [6, 6.07) is 13.2. The van der Waals surface area contributed by atoms with Crippen LogP contribution in [0, 0.1) is 6.07 Å². The van der Waals surface area contributed by atoms with Gasteiger partial charge in [-0.3, -0.25) is 4.98 Å². The summed E-state index contributed by atoms with van der Waals surface area (Å²) in [5, 5.41) is 2.25. The van der Waals surface area contributed by atoms with E-state index in [4.69, 9.17) is 0 Å². The Kier molecular flexibility index (Phi) is 1.56. The topological polar surface area (TPSA) is 41.6 Å². The summed E-state index contributed by atoms with van der Waals surface area (Å²) in [6.07, 6.45) is 3.59. The van der Waals surface area contributed by atoms with Gasteiger partial charge < -0.3 is 4.98 Å². The van der Waals surface area contributed by atoms with Crippen molar-refractivity contribution in [1.29, 1.82) is 0 Å². The zero-order valence-electron chi connectivity index (χ0n) is 8.94. The molecular weight excluding hydrogens is 210 g/mol. The third kappa shape index (κ3) is 1.11. The van der Waals surface area contributed by atoms with Crippen LogP contribution in [-0.4, -0.2) is 15.0 Å². The van der Waals surface area contributed by atoms with E-state index < -0.39 is 0 Å². The number of hydrogen-bond acceptors (Lipinski definition) is 2. The smallest absolute Gasteiger partial charge is 0.0879 e. The fraction of sp³-hybridized carbons (Fsp3) is 0. The van der Waals surface area contributed by atoms with Crippen LogP contribution in [0.25, 0.3) is 32.8 Å². The van der Waals surface area contributed by atoms with E-state index in [1.165, 1.54) is 0 Å². The monoisotopic (exact) mass is 218 g/mol. The Labute approximate surface area is 97.1 Å². The van der Waals surface area contributed by atoms with E-state index in [1.807, 2.05) is 30.5 Å². The third-order valence-corrected chi connectivity index (χ3v) is 3.01. The highest BCUT2D eigenvalue weighted by Gasteiger charge is 2.09. The summed E-state index contributed by atoms with van der Waals surface area (Å²) < 4.78 is 0. The van der Waals surface area contributed by atoms with Crippen LogP contribution in [0.4, 0.5) is 0 Å². The molecule has 0 saturated heterocycles. The summed E-state index contributed by atoms with van der Waals surface area (Å²) in [7, 11) is 0. The second-order valence-electron chi connectivity index (χ2n) is 3.99. The first-order chi connectivity index (χ1) is 8.43. The summed E-state index contributed by atoms with van der Waals surface area (Å²) in [5.74, 6) is 0. The molecule has 1 radical (unpaired) electrons. The van der Waals surface area contributed by atoms with Crippen molar-refractivity contribution in [3.05, 3.63) is 48.8 Å². The molecule has 4 aromatic rings. The van der Waals surface area contributed by atoms with Gasteiger partial charge in [-0.15, -0.1) is 0 Å². The number of rotatable bonds is 0. The van der Waals surface area contributed by atoms with Gasteiger partial charge in [-0.1, -0.05) is 18.2 Å². The molecule has 1 N–H and O–H groups in total. The van der Waals surface area contributed by atoms with E-state index >= 15 is 0 Å². The molecule has 3 heteroatoms. The molecule has 2 heterocycles. The molecule has 0 fully saturated rings. The van der Waals surface area contributed by atoms with Gasteiger partial charge >= 0.3 is 0 Å². The highest BCUT2D eigenvalue weighted by atomic mass is 14.8. The van der Waals surface area contributed by atoms with E-state index in [0.29, 0.717) is 0 Å². The SMILES string of the molecule is [c]1cc2ncc[nH]c2c2c1nc1ccccc12. The van der Waals surface area contributed by atoms with Gasteiger partial charge in [0.2, 0.25) is 0 Å². The van der Waals surface area contributed by atoms with Crippen molar-refractivity contribution in [1.82, 2.24) is 15.0 Å². The van der Waals surface area contributed by atoms with Crippen molar-refractivity contribution in [2.45, 2.75) is 0 Å². The van der Waals surface area contributed by atoms with Gasteiger partial charge in [0, 0.05) is 29.2 Å². The number of fused-ring (bicyclic) bond motifs is 5. The lowest BCUT2D eigenvalue weighted by Gasteiger charge is -1.98. The van der Waals surface area contributed by atoms with Crippen LogP contribution >= 0.6 is 0 Å². The van der Waals surface area contributed by atoms with Crippen molar-refractivity contribution in [2.24, 2.45) is 0 Å². The Hall–Kier alpha value is -2.42. The molecule has 0 aliphatic heterocycles. The molecule has 0 spiro atoms. The van der Waals surface area contributed by atoms with E-state index in [-0.39, 0.29) is 0 Å². The minimum Gasteiger partial charge on any atom is -0.358 e. The lowest BCUT2D eigenvalue weighted by atomic mass is 10.1. The molecule has 0 aliphatic carbocycles. The third-order valence-electron chi connectivity index (χ3n) is 3.01. The Morgan fingerprint density at radius 2 is 2.06 bits per heavy atom. The lowest BCUT2D eigenvalue weighted by molar-refractivity contribution is 1.30. The van der Waals surface area contributed by atoms with Gasteiger partial charge in [-0.05, 0) is 12.1 Å². The number of hydrogen-bond donors (Lipinski definition) is 1. The Morgan fingerprint density at radius 1 is 1.12 bits per heavy atom. The van der Waals surface area contributed by atoms with E-state index in [1.54, 1.807) is 6.20 Å². The maximum Gasteiger partial charge on any atom is 0.0879 e. The van der Waals surface area contributed by atoms with E-state index in [9.17, 15) is 0 Å². The minimum absolute atomic E-state index is 0.892. The maximum atomic E-state index is 4.56. The minimum atomic E-state index is 0.892. The predicted molar refractivity (Wildman–Crippen MR) is 67.7 cm³/mol. The predicted octanol–water partition coefficient (Wildman–Crippen LogP) is 3.06. The number of aromatic nitrogens is 3. The van der Waals surface area contributed by atoms with Crippen LogP contribution in [0.1, 0.15) is 0 Å². The standard InChI is InChI=1S/C14H8N3/c1-2-4-10-9(3-1)13-11(17-10)5-6-12-14(13)16-8-7-15-12/h1-4,6-8,16H. The van der Waals surface area contributed by atoms with Gasteiger partial charge in [0.05, 0.1) is 22.1 Å². The van der Waals surface area contributed by atoms with Crippen LogP contribution in [-0.2, 0) is 0 Å². The van der Waals surface area contributed by atoms with Crippen molar-refractivity contribution < 1.29 is 0 Å². The van der Waals surface area contributed by atoms with Crippen LogP contribution in [0.3, 0.4) is 0 Å². The molecule has 3 nitrogen and oxygen atoms in total. The van der Waals surface area contributed by atoms with Gasteiger partial charge in [-0.25, -0.2) is 4.98 Å². The molecule has 4 rings (SSSR count). The average molecular weight is 218 g/mol. The number of aromatic amines is 1. The highest BCUT2D eigenvalue weighted by molar-refractivity contribution is 6.17. The van der Waals surface area contributed by atoms with E-state index in [2.05, 4.69) is 27.1 Å². The fourth-order valence-electron chi connectivity index (χ4n) is 2.27. The maximum absolute atomic E-state index is 4.56. The van der Waals surface area contributed by atoms with Gasteiger partial charge in [0.1, 0.15) is 0 Å². The van der Waals surface area contributed by atoms with Crippen LogP contribution in [0.2, 0.25) is 0 Å². The first-order valence-electron chi connectivity index (χ1n) is 5.46. The molecule has 79 valence electrons. The summed E-state index contributed by atoms with van der Waals surface area (Å²) in [5.41, 5.74) is 3.83. The number of nitrogens with zero attached hydrogens (tertiary/aromatic N) is 2. The van der Waals surface area contributed by atoms with Crippen molar-refractivity contribution >= 4 is 32.8 Å². The molecular formula is C14H8N3. The summed E-state index contributed by atoms with van der Waals surface area (Å²) >= 11 is 0. The Morgan fingerprint density at radius 3 is 3.06 bits per heavy atom. The van der Waals surface area contributed by atoms with Gasteiger partial charge in [-0.2, -0.15) is 0 Å². The van der Waals surface area contributed by atoms with Crippen LogP contribution in [0.5, 0.6) is 0 Å². The zero-order chi connectivity index (χ0) is 11.2. The molecule has 0 saturated carbocycles. The molecule has 2 aromatic carbocycles. The summed E-state index contributed by atoms with van der Waals surface area (Å²) in [6.45, 7) is 0. The fourth-order valence-corrected chi connectivity index (χ4v) is 2.27. The van der Waals surface area contributed by atoms with Crippen molar-refractivity contribution in [3.63, 3.8) is 0 Å². The van der Waals surface area contributed by atoms with Gasteiger partial charge in [0.25, 0.3) is 0 Å². The van der Waals surface area contributed by atoms with Crippen molar-refractivity contribution in [3.8, 4) is 0 Å². The number of benzene rings is 2. The second-order valence-corrected chi connectivity index (χ2v) is 3.99. The molecule has 0 unspecified atom stereocenters. The molecule has 0 amide bonds. The largest absolute Gasteiger partial charge is 0.358 e. The van der Waals surface area contributed by atoms with E-state index in [0.717, 1.165) is 32.8 Å². The normalized spacial score (nSPS) is 11.5. The molecule has 17 heavy (non-hydrogen) atoms. The Bertz CT molecular complexity index is 840. The average Bonchev–Trinajstić information content (AvgIpc) is 2.77. The Balaban J connectivity index is 2.38. The number of nitrogens with one attached hydrogen (secondary N) is 1. The highest BCUT2D eigenvalue weighted by Crippen LogP contribution is 2.29. The van der Waals surface area contributed by atoms with Gasteiger partial charge in [0.15, 0.2) is 0 Å². The quantitative estimate of drug-likeness (QED) is 0.493. The first-order valence-corrected chi connectivity index (χ1v) is 5.46. The lowest BCUT2D eigenvalue weighted by Crippen LogP contribution is -1.82. The number of H-pyrrole nitrogens is 1. The number of para-hydroxylation sites is 1. The molecule has 0 aliphatic rings. The second kappa shape index (κ2) is 3.04. The molecule has 2 aromatic heterocycles. The van der Waals surface area contributed by atoms with Crippen molar-refractivity contribution in [2.75, 3.05) is 0 Å². The molecule has 0 bridgehead atoms. The first kappa shape index (κ1) is 8.70. The van der Waals surface area contributed by atoms with Crippen LogP contribution < -0.4 is 0 Å². The van der Waals surface area contributed by atoms with Crippen LogP contribution in [0.15, 0.2) is 42.7 Å². The summed E-state index contributed by atoms with van der Waals surface area (Å²) in [4.78, 5) is 12.1. The zero-order valence-corrected chi connectivity index (χ0v) is 8.94. The molecule has 0 atom stereocenters.